The van der Waals surface area contributed by atoms with Crippen LogP contribution >= 0.6 is 34.7 Å². The van der Waals surface area contributed by atoms with Gasteiger partial charge >= 0.3 is 0 Å². The maximum absolute atomic E-state index is 11.8. The molecule has 0 spiro atoms. The van der Waals surface area contributed by atoms with Crippen molar-refractivity contribution in [3.63, 3.8) is 0 Å². The Balaban J connectivity index is 1.73. The van der Waals surface area contributed by atoms with Gasteiger partial charge in [0.25, 0.3) is 0 Å². The number of carbonyl (C=O) groups is 1. The van der Waals surface area contributed by atoms with Gasteiger partial charge in [0.2, 0.25) is 5.91 Å². The molecule has 112 valence electrons. The van der Waals surface area contributed by atoms with Gasteiger partial charge in [-0.05, 0) is 36.2 Å². The van der Waals surface area contributed by atoms with Crippen molar-refractivity contribution in [1.82, 2.24) is 0 Å². The van der Waals surface area contributed by atoms with Crippen LogP contribution in [0.3, 0.4) is 0 Å². The van der Waals surface area contributed by atoms with Gasteiger partial charge < -0.3 is 10.4 Å². The van der Waals surface area contributed by atoms with Gasteiger partial charge in [0.1, 0.15) is 0 Å². The number of thioether (sulfide) groups is 1. The largest absolute Gasteiger partial charge is 0.396 e. The van der Waals surface area contributed by atoms with Crippen molar-refractivity contribution in [2.45, 2.75) is 12.2 Å². The SMILES string of the molecule is O=C(CSCc1ccc(Cl)s1)Nc1ccc(CCO)cc1. The predicted octanol–water partition coefficient (Wildman–Crippen LogP) is 3.81. The van der Waals surface area contributed by atoms with E-state index in [1.54, 1.807) is 23.1 Å². The molecule has 0 saturated carbocycles. The van der Waals surface area contributed by atoms with Gasteiger partial charge in [-0.1, -0.05) is 23.7 Å². The first-order valence-corrected chi connectivity index (χ1v) is 8.84. The number of halogens is 1. The van der Waals surface area contributed by atoms with E-state index in [-0.39, 0.29) is 12.5 Å². The summed E-state index contributed by atoms with van der Waals surface area (Å²) in [4.78, 5) is 13.0. The summed E-state index contributed by atoms with van der Waals surface area (Å²) in [6, 6.07) is 11.4. The van der Waals surface area contributed by atoms with E-state index in [0.717, 1.165) is 21.3 Å². The molecule has 2 aromatic rings. The Morgan fingerprint density at radius 1 is 1.24 bits per heavy atom. The molecule has 1 heterocycles. The van der Waals surface area contributed by atoms with E-state index in [0.29, 0.717) is 12.2 Å². The second-order valence-corrected chi connectivity index (χ2v) is 7.20. The summed E-state index contributed by atoms with van der Waals surface area (Å²) in [6.07, 6.45) is 0.632. The van der Waals surface area contributed by atoms with Crippen LogP contribution in [0.5, 0.6) is 0 Å². The van der Waals surface area contributed by atoms with Gasteiger partial charge in [-0.3, -0.25) is 4.79 Å². The number of hydrogen-bond acceptors (Lipinski definition) is 4. The van der Waals surface area contributed by atoms with E-state index in [1.807, 2.05) is 36.4 Å². The molecule has 0 radical (unpaired) electrons. The highest BCUT2D eigenvalue weighted by atomic mass is 35.5. The molecule has 0 aliphatic carbocycles. The van der Waals surface area contributed by atoms with E-state index >= 15 is 0 Å². The van der Waals surface area contributed by atoms with Crippen molar-refractivity contribution in [2.24, 2.45) is 0 Å². The Kier molecular flexibility index (Phi) is 6.57. The number of aliphatic hydroxyl groups excluding tert-OH is 1. The fraction of sp³-hybridized carbons (Fsp3) is 0.267. The van der Waals surface area contributed by atoms with Crippen LogP contribution < -0.4 is 5.32 Å². The molecule has 0 unspecified atom stereocenters. The fourth-order valence-electron chi connectivity index (χ4n) is 1.75. The lowest BCUT2D eigenvalue weighted by molar-refractivity contribution is -0.113. The molecule has 1 aromatic carbocycles. The van der Waals surface area contributed by atoms with Crippen molar-refractivity contribution in [2.75, 3.05) is 17.7 Å². The molecule has 3 nitrogen and oxygen atoms in total. The highest BCUT2D eigenvalue weighted by Gasteiger charge is 2.04. The molecule has 1 amide bonds. The fourth-order valence-corrected chi connectivity index (χ4v) is 3.78. The molecule has 0 saturated heterocycles. The molecule has 1 aromatic heterocycles. The molecular weight excluding hydrogens is 326 g/mol. The summed E-state index contributed by atoms with van der Waals surface area (Å²) in [5, 5.41) is 11.7. The summed E-state index contributed by atoms with van der Waals surface area (Å²) in [6.45, 7) is 0.134. The van der Waals surface area contributed by atoms with Crippen LogP contribution in [0.1, 0.15) is 10.4 Å². The van der Waals surface area contributed by atoms with Gasteiger partial charge in [0, 0.05) is 22.9 Å². The lowest BCUT2D eigenvalue weighted by atomic mass is 10.1. The summed E-state index contributed by atoms with van der Waals surface area (Å²) in [7, 11) is 0. The van der Waals surface area contributed by atoms with Crippen molar-refractivity contribution < 1.29 is 9.90 Å². The molecule has 2 rings (SSSR count). The zero-order valence-corrected chi connectivity index (χ0v) is 13.7. The second-order valence-electron chi connectivity index (χ2n) is 4.42. The van der Waals surface area contributed by atoms with Crippen LogP contribution in [0.25, 0.3) is 0 Å². The van der Waals surface area contributed by atoms with E-state index in [2.05, 4.69) is 5.32 Å². The highest BCUT2D eigenvalue weighted by molar-refractivity contribution is 7.99. The van der Waals surface area contributed by atoms with Crippen LogP contribution in [-0.4, -0.2) is 23.4 Å². The number of amides is 1. The number of nitrogens with one attached hydrogen (secondary N) is 1. The number of rotatable bonds is 7. The first kappa shape index (κ1) is 16.4. The minimum Gasteiger partial charge on any atom is -0.396 e. The molecule has 0 bridgehead atoms. The average molecular weight is 342 g/mol. The monoisotopic (exact) mass is 341 g/mol. The average Bonchev–Trinajstić information content (AvgIpc) is 2.87. The minimum atomic E-state index is -0.0161. The molecule has 2 N–H and O–H groups in total. The first-order chi connectivity index (χ1) is 10.2. The zero-order valence-electron chi connectivity index (χ0n) is 11.3. The van der Waals surface area contributed by atoms with Crippen LogP contribution in [0, 0.1) is 0 Å². The standard InChI is InChI=1S/C15H16ClNO2S2/c16-14-6-5-13(21-14)9-20-10-15(19)17-12-3-1-11(2-4-12)7-8-18/h1-6,18H,7-10H2,(H,17,19). The van der Waals surface area contributed by atoms with Crippen LogP contribution in [0.15, 0.2) is 36.4 Å². The normalized spacial score (nSPS) is 10.6. The first-order valence-electron chi connectivity index (χ1n) is 6.49. The maximum atomic E-state index is 11.8. The Labute approximate surface area is 137 Å². The quantitative estimate of drug-likeness (QED) is 0.805. The number of aliphatic hydroxyl groups is 1. The van der Waals surface area contributed by atoms with E-state index in [1.165, 1.54) is 4.88 Å². The van der Waals surface area contributed by atoms with Crippen molar-refractivity contribution >= 4 is 46.3 Å². The Hall–Kier alpha value is -1.01. The van der Waals surface area contributed by atoms with E-state index < -0.39 is 0 Å². The van der Waals surface area contributed by atoms with E-state index in [4.69, 9.17) is 16.7 Å². The van der Waals surface area contributed by atoms with Gasteiger partial charge in [0.15, 0.2) is 0 Å². The number of benzene rings is 1. The smallest absolute Gasteiger partial charge is 0.234 e. The number of thiophene rings is 1. The molecule has 6 heteroatoms. The predicted molar refractivity (Wildman–Crippen MR) is 91.4 cm³/mol. The van der Waals surface area contributed by atoms with Gasteiger partial charge in [0.05, 0.1) is 10.1 Å². The molecule has 21 heavy (non-hydrogen) atoms. The van der Waals surface area contributed by atoms with Gasteiger partial charge in [-0.2, -0.15) is 0 Å². The third-order valence-electron chi connectivity index (χ3n) is 2.74. The summed E-state index contributed by atoms with van der Waals surface area (Å²) < 4.78 is 0.776. The molecule has 0 aliphatic rings. The summed E-state index contributed by atoms with van der Waals surface area (Å²) >= 11 is 8.97. The molecule has 0 fully saturated rings. The topological polar surface area (TPSA) is 49.3 Å². The molecule has 0 atom stereocenters. The lowest BCUT2D eigenvalue weighted by Gasteiger charge is -2.06. The zero-order chi connectivity index (χ0) is 15.1. The van der Waals surface area contributed by atoms with Crippen molar-refractivity contribution in [3.05, 3.63) is 51.2 Å². The molecule has 0 aliphatic heterocycles. The Bertz CT molecular complexity index is 584. The lowest BCUT2D eigenvalue weighted by Crippen LogP contribution is -2.14. The third-order valence-corrected chi connectivity index (χ3v) is 5.14. The van der Waals surface area contributed by atoms with E-state index in [9.17, 15) is 4.79 Å². The number of carbonyl (C=O) groups excluding carboxylic acids is 1. The highest BCUT2D eigenvalue weighted by Crippen LogP contribution is 2.25. The second kappa shape index (κ2) is 8.44. The molecular formula is C15H16ClNO2S2. The summed E-state index contributed by atoms with van der Waals surface area (Å²) in [5.41, 5.74) is 1.83. The maximum Gasteiger partial charge on any atom is 0.234 e. The van der Waals surface area contributed by atoms with Crippen LogP contribution in [-0.2, 0) is 17.0 Å². The van der Waals surface area contributed by atoms with Crippen LogP contribution in [0.4, 0.5) is 5.69 Å². The Morgan fingerprint density at radius 3 is 2.62 bits per heavy atom. The van der Waals surface area contributed by atoms with Crippen LogP contribution in [0.2, 0.25) is 4.34 Å². The number of hydrogen-bond donors (Lipinski definition) is 2. The van der Waals surface area contributed by atoms with Gasteiger partial charge in [-0.25, -0.2) is 0 Å². The third kappa shape index (κ3) is 5.71. The van der Waals surface area contributed by atoms with Crippen molar-refractivity contribution in [1.29, 1.82) is 0 Å². The minimum absolute atomic E-state index is 0.0161. The van der Waals surface area contributed by atoms with Gasteiger partial charge in [-0.15, -0.1) is 23.1 Å². The number of anilines is 1. The van der Waals surface area contributed by atoms with Crippen molar-refractivity contribution in [3.8, 4) is 0 Å². The summed E-state index contributed by atoms with van der Waals surface area (Å²) in [5.74, 6) is 1.19. The Morgan fingerprint density at radius 2 is 2.00 bits per heavy atom.